The van der Waals surface area contributed by atoms with E-state index >= 15 is 0 Å². The minimum Gasteiger partial charge on any atom is -0.368 e. The van der Waals surface area contributed by atoms with Crippen LogP contribution in [0.1, 0.15) is 5.56 Å². The van der Waals surface area contributed by atoms with Crippen LogP contribution in [0.25, 0.3) is 10.9 Å². The first-order valence-electron chi connectivity index (χ1n) is 8.17. The maximum absolute atomic E-state index is 6.11. The van der Waals surface area contributed by atoms with Crippen LogP contribution < -0.4 is 9.80 Å². The van der Waals surface area contributed by atoms with Gasteiger partial charge in [0.2, 0.25) is 0 Å². The minimum absolute atomic E-state index is 0.784. The molecule has 4 rings (SSSR count). The molecule has 1 saturated heterocycles. The maximum Gasteiger partial charge on any atom is 0.140 e. The molecule has 0 aliphatic carbocycles. The Balaban J connectivity index is 1.57. The lowest BCUT2D eigenvalue weighted by atomic mass is 10.1. The number of hydrogen-bond donors (Lipinski definition) is 0. The molecule has 0 bridgehead atoms. The molecule has 0 spiro atoms. The summed E-state index contributed by atoms with van der Waals surface area (Å²) >= 11 is 6.11. The molecule has 24 heavy (non-hydrogen) atoms. The van der Waals surface area contributed by atoms with E-state index in [1.54, 1.807) is 6.33 Å². The molecular weight excluding hydrogens is 320 g/mol. The Labute approximate surface area is 146 Å². The zero-order chi connectivity index (χ0) is 16.5. The Morgan fingerprint density at radius 3 is 2.50 bits per heavy atom. The third kappa shape index (κ3) is 2.89. The van der Waals surface area contributed by atoms with Gasteiger partial charge in [-0.3, -0.25) is 0 Å². The first-order valence-corrected chi connectivity index (χ1v) is 8.55. The summed E-state index contributed by atoms with van der Waals surface area (Å²) in [6.45, 7) is 5.89. The summed E-state index contributed by atoms with van der Waals surface area (Å²) in [5, 5.41) is 1.92. The fraction of sp³-hybridized carbons (Fsp3) is 0.263. The van der Waals surface area contributed by atoms with E-state index in [1.165, 1.54) is 11.3 Å². The topological polar surface area (TPSA) is 32.3 Å². The highest BCUT2D eigenvalue weighted by molar-refractivity contribution is 6.30. The maximum atomic E-state index is 6.11. The number of halogens is 1. The van der Waals surface area contributed by atoms with Crippen LogP contribution in [0.3, 0.4) is 0 Å². The monoisotopic (exact) mass is 338 g/mol. The summed E-state index contributed by atoms with van der Waals surface area (Å²) in [6, 6.07) is 14.4. The second-order valence-corrected chi connectivity index (χ2v) is 6.61. The van der Waals surface area contributed by atoms with E-state index in [1.807, 2.05) is 18.2 Å². The van der Waals surface area contributed by atoms with E-state index in [9.17, 15) is 0 Å². The standard InChI is InChI=1S/C19H19ClN4/c1-14-5-6-18-17(11-14)19(22-13-21-18)24-9-7-23(8-10-24)16-4-2-3-15(20)12-16/h2-6,11-13H,7-10H2,1H3. The van der Waals surface area contributed by atoms with E-state index in [0.29, 0.717) is 0 Å². The van der Waals surface area contributed by atoms with Crippen LogP contribution >= 0.6 is 11.6 Å². The highest BCUT2D eigenvalue weighted by Crippen LogP contribution is 2.26. The number of aromatic nitrogens is 2. The molecule has 3 aromatic rings. The lowest BCUT2D eigenvalue weighted by Crippen LogP contribution is -2.46. The lowest BCUT2D eigenvalue weighted by molar-refractivity contribution is 0.649. The van der Waals surface area contributed by atoms with Crippen molar-refractivity contribution >= 4 is 34.0 Å². The molecule has 4 nitrogen and oxygen atoms in total. The Kier molecular flexibility index (Phi) is 3.98. The summed E-state index contributed by atoms with van der Waals surface area (Å²) in [4.78, 5) is 13.7. The van der Waals surface area contributed by atoms with Crippen LogP contribution in [0, 0.1) is 6.92 Å². The number of aryl methyl sites for hydroxylation is 1. The van der Waals surface area contributed by atoms with Crippen molar-refractivity contribution in [2.75, 3.05) is 36.0 Å². The molecule has 0 amide bonds. The summed E-state index contributed by atoms with van der Waals surface area (Å²) in [7, 11) is 0. The van der Waals surface area contributed by atoms with E-state index in [2.05, 4.69) is 51.0 Å². The van der Waals surface area contributed by atoms with Crippen molar-refractivity contribution in [1.29, 1.82) is 0 Å². The molecule has 0 atom stereocenters. The van der Waals surface area contributed by atoms with Crippen molar-refractivity contribution in [1.82, 2.24) is 9.97 Å². The number of benzene rings is 2. The fourth-order valence-electron chi connectivity index (χ4n) is 3.26. The zero-order valence-electron chi connectivity index (χ0n) is 13.6. The van der Waals surface area contributed by atoms with Crippen LogP contribution in [0.5, 0.6) is 0 Å². The molecule has 1 aliphatic rings. The van der Waals surface area contributed by atoms with Gasteiger partial charge in [-0.1, -0.05) is 29.3 Å². The van der Waals surface area contributed by atoms with Gasteiger partial charge >= 0.3 is 0 Å². The molecule has 5 heteroatoms. The van der Waals surface area contributed by atoms with Gasteiger partial charge in [-0.05, 0) is 37.3 Å². The van der Waals surface area contributed by atoms with Crippen molar-refractivity contribution in [3.8, 4) is 0 Å². The van der Waals surface area contributed by atoms with Crippen LogP contribution in [0.15, 0.2) is 48.8 Å². The Hall–Kier alpha value is -2.33. The molecule has 122 valence electrons. The first-order chi connectivity index (χ1) is 11.7. The van der Waals surface area contributed by atoms with Gasteiger partial charge in [0.25, 0.3) is 0 Å². The zero-order valence-corrected chi connectivity index (χ0v) is 14.4. The van der Waals surface area contributed by atoms with Gasteiger partial charge in [0, 0.05) is 42.3 Å². The number of rotatable bonds is 2. The van der Waals surface area contributed by atoms with Crippen molar-refractivity contribution in [3.63, 3.8) is 0 Å². The SMILES string of the molecule is Cc1ccc2ncnc(N3CCN(c4cccc(Cl)c4)CC3)c2c1. The number of fused-ring (bicyclic) bond motifs is 1. The summed E-state index contributed by atoms with van der Waals surface area (Å²) in [6.07, 6.45) is 1.66. The predicted molar refractivity (Wildman–Crippen MR) is 100 cm³/mol. The van der Waals surface area contributed by atoms with Crippen LogP contribution in [0.2, 0.25) is 5.02 Å². The largest absolute Gasteiger partial charge is 0.368 e. The molecule has 0 saturated carbocycles. The van der Waals surface area contributed by atoms with Crippen molar-refractivity contribution < 1.29 is 0 Å². The third-order valence-corrected chi connectivity index (χ3v) is 4.76. The molecule has 0 radical (unpaired) electrons. The molecular formula is C19H19ClN4. The van der Waals surface area contributed by atoms with E-state index < -0.39 is 0 Å². The molecule has 1 aromatic heterocycles. The smallest absolute Gasteiger partial charge is 0.140 e. The van der Waals surface area contributed by atoms with Crippen LogP contribution in [-0.4, -0.2) is 36.1 Å². The van der Waals surface area contributed by atoms with E-state index in [4.69, 9.17) is 11.6 Å². The van der Waals surface area contributed by atoms with Crippen molar-refractivity contribution in [3.05, 3.63) is 59.4 Å². The number of anilines is 2. The number of piperazine rings is 1. The lowest BCUT2D eigenvalue weighted by Gasteiger charge is -2.37. The van der Waals surface area contributed by atoms with Crippen molar-refractivity contribution in [2.24, 2.45) is 0 Å². The van der Waals surface area contributed by atoms with Crippen molar-refractivity contribution in [2.45, 2.75) is 6.92 Å². The average Bonchev–Trinajstić information content (AvgIpc) is 2.61. The summed E-state index contributed by atoms with van der Waals surface area (Å²) < 4.78 is 0. The molecule has 2 aromatic carbocycles. The molecule has 1 aliphatic heterocycles. The minimum atomic E-state index is 0.784. The van der Waals surface area contributed by atoms with Crippen LogP contribution in [0.4, 0.5) is 11.5 Å². The number of hydrogen-bond acceptors (Lipinski definition) is 4. The molecule has 0 unspecified atom stereocenters. The summed E-state index contributed by atoms with van der Waals surface area (Å²) in [5.41, 5.74) is 3.42. The highest BCUT2D eigenvalue weighted by atomic mass is 35.5. The Morgan fingerprint density at radius 2 is 1.71 bits per heavy atom. The summed E-state index contributed by atoms with van der Waals surface area (Å²) in [5.74, 6) is 1.04. The van der Waals surface area contributed by atoms with Gasteiger partial charge in [0.15, 0.2) is 0 Å². The molecule has 1 fully saturated rings. The van der Waals surface area contributed by atoms with E-state index in [0.717, 1.165) is 47.9 Å². The highest BCUT2D eigenvalue weighted by Gasteiger charge is 2.20. The Bertz CT molecular complexity index is 872. The fourth-order valence-corrected chi connectivity index (χ4v) is 3.44. The van der Waals surface area contributed by atoms with E-state index in [-0.39, 0.29) is 0 Å². The van der Waals surface area contributed by atoms with Crippen LogP contribution in [-0.2, 0) is 0 Å². The Morgan fingerprint density at radius 1 is 0.917 bits per heavy atom. The molecule has 2 heterocycles. The predicted octanol–water partition coefficient (Wildman–Crippen LogP) is 3.92. The normalized spacial score (nSPS) is 15.1. The first kappa shape index (κ1) is 15.2. The van der Waals surface area contributed by atoms with Gasteiger partial charge in [-0.25, -0.2) is 9.97 Å². The second-order valence-electron chi connectivity index (χ2n) is 6.17. The average molecular weight is 339 g/mol. The van der Waals surface area contributed by atoms with Gasteiger partial charge in [0.1, 0.15) is 12.1 Å². The second kappa shape index (κ2) is 6.29. The third-order valence-electron chi connectivity index (χ3n) is 4.52. The number of nitrogens with zero attached hydrogens (tertiary/aromatic N) is 4. The van der Waals surface area contributed by atoms with Gasteiger partial charge in [-0.15, -0.1) is 0 Å². The quantitative estimate of drug-likeness (QED) is 0.709. The van der Waals surface area contributed by atoms with Gasteiger partial charge in [0.05, 0.1) is 5.52 Å². The van der Waals surface area contributed by atoms with Gasteiger partial charge in [-0.2, -0.15) is 0 Å². The van der Waals surface area contributed by atoms with Gasteiger partial charge < -0.3 is 9.80 Å². The molecule has 0 N–H and O–H groups in total.